The van der Waals surface area contributed by atoms with Gasteiger partial charge in [-0.25, -0.2) is 0 Å². The van der Waals surface area contributed by atoms with Gasteiger partial charge in [0.1, 0.15) is 28.2 Å². The standard InChI is InChI=1S/C52H49N2O2/c1-9-18-36-25-26-39-43-30-46-42(34(8)50(55-46)37-21-14-11-15-22-37)29-47(43)56-51(39)48(36)52-53(33(6)7)44-23-16-17-24-45(44)54(52)49-40(31(2)3)27-38(28-41(49)32(4)5)35-19-12-10-13-20-35/h10-17,19-32H,6,9,18H2,1-5,7-8H3/q+1. The van der Waals surface area contributed by atoms with Crippen LogP contribution in [-0.4, -0.2) is 4.57 Å². The summed E-state index contributed by atoms with van der Waals surface area (Å²) in [6.07, 6.45) is 1.91. The molecule has 4 nitrogen and oxygen atoms in total. The Hall–Kier alpha value is -6.13. The number of furan rings is 2. The van der Waals surface area contributed by atoms with Crippen LogP contribution < -0.4 is 4.57 Å². The van der Waals surface area contributed by atoms with Crippen LogP contribution in [0.15, 0.2) is 137 Å². The largest absolute Gasteiger partial charge is 0.456 e. The van der Waals surface area contributed by atoms with E-state index in [1.54, 1.807) is 0 Å². The van der Waals surface area contributed by atoms with Crippen LogP contribution in [-0.2, 0) is 6.42 Å². The fourth-order valence-corrected chi connectivity index (χ4v) is 8.80. The van der Waals surface area contributed by atoms with Crippen LogP contribution in [0.1, 0.15) is 82.1 Å². The molecule has 0 atom stereocenters. The molecule has 0 saturated heterocycles. The molecular weight excluding hydrogens is 685 g/mol. The SMILES string of the molecule is C=C(C)[n+]1c(-c2c(CCC)ccc3c2oc2cc4c(C)c(-c5ccccc5)oc4cc23)n(-c2c(C(C)C)cc(-c3ccccc3)cc2C(C)C)c2ccccc21. The smallest absolute Gasteiger partial charge is 0.304 e. The summed E-state index contributed by atoms with van der Waals surface area (Å²) in [6.45, 7) is 20.4. The number of nitrogens with zero attached hydrogens (tertiary/aromatic N) is 2. The van der Waals surface area contributed by atoms with Gasteiger partial charge in [-0.3, -0.25) is 0 Å². The number of imidazole rings is 1. The number of para-hydroxylation sites is 2. The van der Waals surface area contributed by atoms with Gasteiger partial charge >= 0.3 is 5.82 Å². The molecular formula is C52H49N2O2+. The van der Waals surface area contributed by atoms with Crippen molar-refractivity contribution in [2.45, 2.75) is 73.1 Å². The zero-order valence-corrected chi connectivity index (χ0v) is 33.5. The number of rotatable bonds is 9. The molecule has 0 aliphatic heterocycles. The van der Waals surface area contributed by atoms with Gasteiger partial charge in [-0.2, -0.15) is 9.13 Å². The maximum Gasteiger partial charge on any atom is 0.304 e. The molecule has 0 amide bonds. The summed E-state index contributed by atoms with van der Waals surface area (Å²) in [5, 5.41) is 3.19. The molecule has 0 unspecified atom stereocenters. The summed E-state index contributed by atoms with van der Waals surface area (Å²) in [5.74, 6) is 2.48. The molecule has 56 heavy (non-hydrogen) atoms. The number of hydrogen-bond donors (Lipinski definition) is 0. The third-order valence-corrected chi connectivity index (χ3v) is 11.5. The molecule has 3 heterocycles. The van der Waals surface area contributed by atoms with Gasteiger partial charge in [-0.05, 0) is 85.2 Å². The molecule has 4 heteroatoms. The first-order chi connectivity index (χ1) is 27.2. The highest BCUT2D eigenvalue weighted by molar-refractivity contribution is 6.13. The summed E-state index contributed by atoms with van der Waals surface area (Å²) in [5.41, 5.74) is 16.7. The number of aryl methyl sites for hydroxylation is 2. The second-order valence-corrected chi connectivity index (χ2v) is 16.0. The highest BCUT2D eigenvalue weighted by atomic mass is 16.3. The zero-order chi connectivity index (χ0) is 38.8. The Bertz CT molecular complexity index is 2920. The Balaban J connectivity index is 1.41. The Morgan fingerprint density at radius 1 is 0.679 bits per heavy atom. The monoisotopic (exact) mass is 733 g/mol. The molecule has 0 spiro atoms. The van der Waals surface area contributed by atoms with Crippen LogP contribution in [0, 0.1) is 6.92 Å². The van der Waals surface area contributed by atoms with Gasteiger partial charge in [-0.15, -0.1) is 0 Å². The predicted molar refractivity (Wildman–Crippen MR) is 235 cm³/mol. The third-order valence-electron chi connectivity index (χ3n) is 11.5. The Morgan fingerprint density at radius 2 is 1.29 bits per heavy atom. The van der Waals surface area contributed by atoms with Crippen molar-refractivity contribution in [3.63, 3.8) is 0 Å². The molecule has 3 aromatic heterocycles. The van der Waals surface area contributed by atoms with Crippen molar-refractivity contribution >= 4 is 49.6 Å². The van der Waals surface area contributed by atoms with Gasteiger partial charge in [0.25, 0.3) is 0 Å². The molecule has 9 aromatic rings. The highest BCUT2D eigenvalue weighted by Gasteiger charge is 2.36. The number of allylic oxidation sites excluding steroid dienone is 1. The van der Waals surface area contributed by atoms with Crippen LogP contribution in [0.4, 0.5) is 0 Å². The summed E-state index contributed by atoms with van der Waals surface area (Å²) in [6, 6.07) is 43.7. The summed E-state index contributed by atoms with van der Waals surface area (Å²) >= 11 is 0. The van der Waals surface area contributed by atoms with E-state index in [-0.39, 0.29) is 11.8 Å². The van der Waals surface area contributed by atoms with E-state index < -0.39 is 0 Å². The maximum atomic E-state index is 7.16. The van der Waals surface area contributed by atoms with Crippen LogP contribution in [0.2, 0.25) is 0 Å². The number of benzene rings is 6. The molecule has 6 aromatic carbocycles. The van der Waals surface area contributed by atoms with Crippen molar-refractivity contribution in [3.8, 4) is 39.5 Å². The van der Waals surface area contributed by atoms with Crippen molar-refractivity contribution < 1.29 is 13.4 Å². The van der Waals surface area contributed by atoms with Crippen molar-refractivity contribution in [1.82, 2.24) is 4.57 Å². The molecule has 0 fully saturated rings. The molecule has 278 valence electrons. The molecule has 0 N–H and O–H groups in total. The van der Waals surface area contributed by atoms with Crippen molar-refractivity contribution in [1.29, 1.82) is 0 Å². The lowest BCUT2D eigenvalue weighted by Gasteiger charge is -2.21. The lowest BCUT2D eigenvalue weighted by Crippen LogP contribution is -2.33. The van der Waals surface area contributed by atoms with E-state index in [1.807, 2.05) is 6.07 Å². The minimum absolute atomic E-state index is 0.259. The summed E-state index contributed by atoms with van der Waals surface area (Å²) in [7, 11) is 0. The summed E-state index contributed by atoms with van der Waals surface area (Å²) in [4.78, 5) is 0. The van der Waals surface area contributed by atoms with Crippen molar-refractivity contribution in [2.75, 3.05) is 0 Å². The Morgan fingerprint density at radius 3 is 1.93 bits per heavy atom. The normalized spacial score (nSPS) is 12.0. The lowest BCUT2D eigenvalue weighted by molar-refractivity contribution is -0.540. The first-order valence-corrected chi connectivity index (χ1v) is 20.1. The second kappa shape index (κ2) is 13.9. The average molecular weight is 734 g/mol. The predicted octanol–water partition coefficient (Wildman–Crippen LogP) is 14.6. The molecule has 0 aliphatic rings. The topological polar surface area (TPSA) is 35.1 Å². The third kappa shape index (κ3) is 5.61. The molecule has 0 aliphatic carbocycles. The van der Waals surface area contributed by atoms with Gasteiger partial charge in [0.05, 0.1) is 5.70 Å². The first kappa shape index (κ1) is 35.6. The van der Waals surface area contributed by atoms with E-state index in [2.05, 4.69) is 179 Å². The Kier molecular flexibility index (Phi) is 8.81. The van der Waals surface area contributed by atoms with Crippen LogP contribution >= 0.6 is 0 Å². The molecule has 0 saturated carbocycles. The minimum atomic E-state index is 0.259. The minimum Gasteiger partial charge on any atom is -0.456 e. The van der Waals surface area contributed by atoms with Gasteiger partial charge in [0.2, 0.25) is 0 Å². The van der Waals surface area contributed by atoms with E-state index in [0.29, 0.717) is 0 Å². The Labute approximate surface area is 329 Å². The van der Waals surface area contributed by atoms with E-state index in [4.69, 9.17) is 8.83 Å². The van der Waals surface area contributed by atoms with Gasteiger partial charge in [0, 0.05) is 38.4 Å². The van der Waals surface area contributed by atoms with E-state index >= 15 is 0 Å². The molecule has 9 rings (SSSR count). The van der Waals surface area contributed by atoms with Gasteiger partial charge in [0.15, 0.2) is 16.6 Å². The van der Waals surface area contributed by atoms with Crippen molar-refractivity contribution in [3.05, 3.63) is 150 Å². The fourth-order valence-electron chi connectivity index (χ4n) is 8.80. The lowest BCUT2D eigenvalue weighted by atomic mass is 9.88. The fraction of sp³-hybridized carbons (Fsp3) is 0.212. The first-order valence-electron chi connectivity index (χ1n) is 20.1. The number of aromatic nitrogens is 2. The van der Waals surface area contributed by atoms with Crippen LogP contribution in [0.3, 0.4) is 0 Å². The van der Waals surface area contributed by atoms with Crippen LogP contribution in [0.5, 0.6) is 0 Å². The van der Waals surface area contributed by atoms with E-state index in [0.717, 1.165) is 90.8 Å². The number of hydrogen-bond acceptors (Lipinski definition) is 2. The summed E-state index contributed by atoms with van der Waals surface area (Å²) < 4.78 is 18.7. The quantitative estimate of drug-likeness (QED) is 0.138. The van der Waals surface area contributed by atoms with E-state index in [9.17, 15) is 0 Å². The average Bonchev–Trinajstić information content (AvgIpc) is 3.85. The number of fused-ring (bicyclic) bond motifs is 5. The van der Waals surface area contributed by atoms with E-state index in [1.165, 1.54) is 33.5 Å². The van der Waals surface area contributed by atoms with Crippen molar-refractivity contribution in [2.24, 2.45) is 0 Å². The molecule has 0 radical (unpaired) electrons. The highest BCUT2D eigenvalue weighted by Crippen LogP contribution is 2.45. The molecule has 0 bridgehead atoms. The second-order valence-electron chi connectivity index (χ2n) is 16.0. The van der Waals surface area contributed by atoms with Crippen LogP contribution in [0.25, 0.3) is 89.2 Å². The zero-order valence-electron chi connectivity index (χ0n) is 33.5. The maximum absolute atomic E-state index is 7.16. The van der Waals surface area contributed by atoms with Gasteiger partial charge in [-0.1, -0.05) is 133 Å². The van der Waals surface area contributed by atoms with Gasteiger partial charge < -0.3 is 8.83 Å².